The van der Waals surface area contributed by atoms with Gasteiger partial charge in [-0.15, -0.1) is 0 Å². The summed E-state index contributed by atoms with van der Waals surface area (Å²) < 4.78 is 26.7. The van der Waals surface area contributed by atoms with Crippen molar-refractivity contribution in [1.82, 2.24) is 4.72 Å². The van der Waals surface area contributed by atoms with E-state index in [4.69, 9.17) is 5.11 Å². The van der Waals surface area contributed by atoms with E-state index in [1.54, 1.807) is 37.3 Å². The first-order valence-corrected chi connectivity index (χ1v) is 9.61. The number of phenols is 1. The topological polar surface area (TPSA) is 124 Å². The molecule has 1 unspecified atom stereocenters. The van der Waals surface area contributed by atoms with Crippen molar-refractivity contribution in [3.8, 4) is 5.75 Å². The zero-order valence-electron chi connectivity index (χ0n) is 14.4. The Morgan fingerprint density at radius 1 is 1.30 bits per heavy atom. The number of nitrogens with zero attached hydrogens (tertiary/aromatic N) is 1. The van der Waals surface area contributed by atoms with Gasteiger partial charge >= 0.3 is 16.2 Å². The Morgan fingerprint density at radius 2 is 2.04 bits per heavy atom. The van der Waals surface area contributed by atoms with Crippen LogP contribution in [0.3, 0.4) is 0 Å². The lowest BCUT2D eigenvalue weighted by Gasteiger charge is -2.17. The molecular formula is C18H18N2O6S. The van der Waals surface area contributed by atoms with Crippen molar-refractivity contribution in [2.24, 2.45) is 5.92 Å². The van der Waals surface area contributed by atoms with E-state index in [1.807, 2.05) is 4.72 Å². The Morgan fingerprint density at radius 3 is 2.67 bits per heavy atom. The molecule has 9 heteroatoms. The van der Waals surface area contributed by atoms with Crippen LogP contribution < -0.4 is 9.03 Å². The van der Waals surface area contributed by atoms with Gasteiger partial charge in [0.2, 0.25) is 0 Å². The van der Waals surface area contributed by atoms with Gasteiger partial charge in [-0.05, 0) is 41.0 Å². The third-order valence-corrected chi connectivity index (χ3v) is 5.66. The molecule has 0 radical (unpaired) electrons. The van der Waals surface area contributed by atoms with Crippen molar-refractivity contribution < 1.29 is 28.2 Å². The van der Waals surface area contributed by atoms with Gasteiger partial charge in [0.05, 0.1) is 11.6 Å². The number of carbonyl (C=O) groups is 2. The maximum Gasteiger partial charge on any atom is 0.326 e. The molecule has 0 aromatic heterocycles. The van der Waals surface area contributed by atoms with Crippen molar-refractivity contribution >= 4 is 44.6 Å². The Kier molecular flexibility index (Phi) is 4.79. The fourth-order valence-corrected chi connectivity index (χ4v) is 3.92. The number of carbonyl (C=O) groups excluding carboxylic acids is 1. The molecular weight excluding hydrogens is 372 g/mol. The van der Waals surface area contributed by atoms with Gasteiger partial charge in [0, 0.05) is 0 Å². The number of nitrogens with one attached hydrogen (secondary N) is 1. The van der Waals surface area contributed by atoms with Crippen LogP contribution in [-0.4, -0.2) is 37.1 Å². The van der Waals surface area contributed by atoms with E-state index in [2.05, 4.69) is 0 Å². The van der Waals surface area contributed by atoms with E-state index in [0.717, 1.165) is 9.87 Å². The van der Waals surface area contributed by atoms with E-state index < -0.39 is 34.5 Å². The number of aliphatic carboxylic acids is 1. The molecule has 0 spiro atoms. The van der Waals surface area contributed by atoms with Gasteiger partial charge in [0.15, 0.2) is 0 Å². The highest BCUT2D eigenvalue weighted by Gasteiger charge is 2.35. The summed E-state index contributed by atoms with van der Waals surface area (Å²) in [5.74, 6) is -2.27. The molecule has 1 heterocycles. The standard InChI is InChI=1S/C18H18N2O6S/c1-11(18(23)24)3-2-4-12-5-6-13-9-16(21)15(8-14(13)7-12)20-10-17(22)19-27(20,25)26/h2,4-9,11,21H,3,10H2,1H3,(H,19,22)(H,23,24). The summed E-state index contributed by atoms with van der Waals surface area (Å²) in [6, 6.07) is 8.29. The fraction of sp³-hybridized carbons (Fsp3) is 0.222. The summed E-state index contributed by atoms with van der Waals surface area (Å²) in [6.45, 7) is 1.22. The Hall–Kier alpha value is -3.07. The second kappa shape index (κ2) is 6.92. The largest absolute Gasteiger partial charge is 0.506 e. The number of phenolic OH excluding ortho intramolecular Hbond substituents is 1. The molecule has 1 amide bonds. The summed E-state index contributed by atoms with van der Waals surface area (Å²) in [5, 5.41) is 20.5. The first-order chi connectivity index (χ1) is 12.7. The number of anilines is 1. The van der Waals surface area contributed by atoms with Crippen molar-refractivity contribution in [3.05, 3.63) is 42.0 Å². The number of carboxylic acids is 1. The van der Waals surface area contributed by atoms with Crippen LogP contribution >= 0.6 is 0 Å². The lowest BCUT2D eigenvalue weighted by molar-refractivity contribution is -0.141. The smallest absolute Gasteiger partial charge is 0.326 e. The normalized spacial score (nSPS) is 17.4. The van der Waals surface area contributed by atoms with Crippen LogP contribution in [0.15, 0.2) is 36.4 Å². The number of fused-ring (bicyclic) bond motifs is 1. The quantitative estimate of drug-likeness (QED) is 0.716. The van der Waals surface area contributed by atoms with Gasteiger partial charge in [-0.1, -0.05) is 31.2 Å². The van der Waals surface area contributed by atoms with E-state index in [0.29, 0.717) is 17.2 Å². The summed E-state index contributed by atoms with van der Waals surface area (Å²) in [7, 11) is -4.02. The molecule has 1 fully saturated rings. The minimum Gasteiger partial charge on any atom is -0.506 e. The maximum atomic E-state index is 12.0. The second-order valence-corrected chi connectivity index (χ2v) is 7.96. The molecule has 3 rings (SSSR count). The van der Waals surface area contributed by atoms with Gasteiger partial charge < -0.3 is 10.2 Å². The summed E-state index contributed by atoms with van der Waals surface area (Å²) in [6.07, 6.45) is 3.92. The van der Waals surface area contributed by atoms with Crippen LogP contribution in [0.2, 0.25) is 0 Å². The number of hydrogen-bond donors (Lipinski definition) is 3. The molecule has 1 aliphatic heterocycles. The summed E-state index contributed by atoms with van der Waals surface area (Å²) in [4.78, 5) is 22.3. The molecule has 27 heavy (non-hydrogen) atoms. The number of benzene rings is 2. The summed E-state index contributed by atoms with van der Waals surface area (Å²) in [5.41, 5.74) is 0.816. The van der Waals surface area contributed by atoms with Crippen LogP contribution in [0.4, 0.5) is 5.69 Å². The van der Waals surface area contributed by atoms with Crippen LogP contribution in [-0.2, 0) is 19.8 Å². The summed E-state index contributed by atoms with van der Waals surface area (Å²) >= 11 is 0. The average molecular weight is 390 g/mol. The van der Waals surface area contributed by atoms with Crippen LogP contribution in [0, 0.1) is 5.92 Å². The van der Waals surface area contributed by atoms with E-state index >= 15 is 0 Å². The molecule has 0 bridgehead atoms. The number of allylic oxidation sites excluding steroid dienone is 1. The van der Waals surface area contributed by atoms with Gasteiger partial charge in [0.25, 0.3) is 5.91 Å². The lowest BCUT2D eigenvalue weighted by atomic mass is 10.0. The predicted molar refractivity (Wildman–Crippen MR) is 100 cm³/mol. The number of amides is 1. The molecule has 1 atom stereocenters. The Bertz CT molecular complexity index is 1060. The van der Waals surface area contributed by atoms with Crippen molar-refractivity contribution in [1.29, 1.82) is 0 Å². The van der Waals surface area contributed by atoms with Gasteiger partial charge in [-0.2, -0.15) is 8.42 Å². The highest BCUT2D eigenvalue weighted by Crippen LogP contribution is 2.35. The second-order valence-electron chi connectivity index (χ2n) is 6.36. The van der Waals surface area contributed by atoms with Crippen molar-refractivity contribution in [2.75, 3.05) is 10.8 Å². The zero-order chi connectivity index (χ0) is 19.8. The Balaban J connectivity index is 1.94. The Labute approximate surface area is 155 Å². The monoisotopic (exact) mass is 390 g/mol. The molecule has 1 saturated heterocycles. The van der Waals surface area contributed by atoms with Crippen LogP contribution in [0.1, 0.15) is 18.9 Å². The first kappa shape index (κ1) is 18.7. The third-order valence-electron chi connectivity index (χ3n) is 4.27. The SMILES string of the molecule is CC(CC=Cc1ccc2cc(O)c(N3CC(=O)NS3(=O)=O)cc2c1)C(=O)O. The van der Waals surface area contributed by atoms with Crippen molar-refractivity contribution in [2.45, 2.75) is 13.3 Å². The highest BCUT2D eigenvalue weighted by molar-refractivity contribution is 7.92. The molecule has 1 aliphatic rings. The highest BCUT2D eigenvalue weighted by atomic mass is 32.2. The fourth-order valence-electron chi connectivity index (χ4n) is 2.77. The van der Waals surface area contributed by atoms with E-state index in [9.17, 15) is 23.1 Å². The minimum atomic E-state index is -4.02. The van der Waals surface area contributed by atoms with Gasteiger partial charge in [0.1, 0.15) is 12.3 Å². The van der Waals surface area contributed by atoms with Crippen molar-refractivity contribution in [3.63, 3.8) is 0 Å². The number of aromatic hydroxyl groups is 1. The first-order valence-electron chi connectivity index (χ1n) is 8.17. The van der Waals surface area contributed by atoms with E-state index in [1.165, 1.54) is 12.1 Å². The van der Waals surface area contributed by atoms with Gasteiger partial charge in [-0.3, -0.25) is 9.59 Å². The molecule has 3 N–H and O–H groups in total. The molecule has 0 saturated carbocycles. The lowest BCUT2D eigenvalue weighted by Crippen LogP contribution is -2.29. The van der Waals surface area contributed by atoms with Gasteiger partial charge in [-0.25, -0.2) is 9.03 Å². The third kappa shape index (κ3) is 3.87. The van der Waals surface area contributed by atoms with Crippen LogP contribution in [0.5, 0.6) is 5.75 Å². The van der Waals surface area contributed by atoms with Crippen LogP contribution in [0.25, 0.3) is 16.8 Å². The number of carboxylic acid groups (broad SMARTS) is 1. The zero-order valence-corrected chi connectivity index (χ0v) is 15.2. The van der Waals surface area contributed by atoms with E-state index in [-0.39, 0.29) is 11.4 Å². The molecule has 2 aromatic carbocycles. The average Bonchev–Trinajstić information content (AvgIpc) is 2.86. The molecule has 8 nitrogen and oxygen atoms in total. The molecule has 2 aromatic rings. The number of rotatable bonds is 5. The maximum absolute atomic E-state index is 12.0. The molecule has 0 aliphatic carbocycles. The molecule has 142 valence electrons. The predicted octanol–water partition coefficient (Wildman–Crippen LogP) is 1.85. The minimum absolute atomic E-state index is 0.0153. The number of hydrogen-bond acceptors (Lipinski definition) is 5.